The van der Waals surface area contributed by atoms with Gasteiger partial charge in [-0.1, -0.05) is 31.2 Å². The van der Waals surface area contributed by atoms with Crippen LogP contribution in [0, 0.1) is 11.3 Å². The summed E-state index contributed by atoms with van der Waals surface area (Å²) < 4.78 is 1.79. The number of aromatic nitrogens is 6. The zero-order valence-electron chi connectivity index (χ0n) is 16.5. The molecule has 0 radical (unpaired) electrons. The molecule has 1 aromatic carbocycles. The van der Waals surface area contributed by atoms with E-state index in [-0.39, 0.29) is 12.0 Å². The van der Waals surface area contributed by atoms with E-state index in [1.165, 1.54) is 0 Å². The molecule has 4 heterocycles. The van der Waals surface area contributed by atoms with Gasteiger partial charge in [0.25, 0.3) is 0 Å². The standard InChI is InChI=1S/C21H23N7O/c1-14-10-27(12-21(14,2)13-29)18-9-23-19-20(24-18)28(26-25-19)11-15-5-6-17-16(8-15)4-3-7-22-17/h3-9,14,29H,10-13H2,1-2H3/t14-,21+/m0/s1. The van der Waals surface area contributed by atoms with Crippen molar-refractivity contribution in [3.63, 3.8) is 0 Å². The topological polar surface area (TPSA) is 92.9 Å². The molecular weight excluding hydrogens is 366 g/mol. The first kappa shape index (κ1) is 17.9. The lowest BCUT2D eigenvalue weighted by molar-refractivity contribution is 0.125. The van der Waals surface area contributed by atoms with Gasteiger partial charge in [0.1, 0.15) is 5.82 Å². The summed E-state index contributed by atoms with van der Waals surface area (Å²) in [4.78, 5) is 15.8. The molecule has 0 bridgehead atoms. The number of benzene rings is 1. The molecule has 1 N–H and O–H groups in total. The molecule has 5 rings (SSSR count). The van der Waals surface area contributed by atoms with E-state index >= 15 is 0 Å². The highest BCUT2D eigenvalue weighted by molar-refractivity contribution is 5.79. The Kier molecular flexibility index (Phi) is 4.16. The lowest BCUT2D eigenvalue weighted by Crippen LogP contribution is -2.30. The van der Waals surface area contributed by atoms with Gasteiger partial charge in [-0.3, -0.25) is 4.98 Å². The average Bonchev–Trinajstić information content (AvgIpc) is 3.28. The molecule has 0 amide bonds. The Morgan fingerprint density at radius 3 is 2.97 bits per heavy atom. The lowest BCUT2D eigenvalue weighted by Gasteiger charge is -2.25. The molecule has 1 saturated heterocycles. The van der Waals surface area contributed by atoms with Gasteiger partial charge in [0.15, 0.2) is 5.65 Å². The van der Waals surface area contributed by atoms with Crippen LogP contribution in [-0.2, 0) is 6.54 Å². The molecule has 0 unspecified atom stereocenters. The maximum Gasteiger partial charge on any atom is 0.221 e. The minimum absolute atomic E-state index is 0.131. The second kappa shape index (κ2) is 6.73. The van der Waals surface area contributed by atoms with Gasteiger partial charge in [-0.2, -0.15) is 0 Å². The predicted molar refractivity (Wildman–Crippen MR) is 111 cm³/mol. The number of fused-ring (bicyclic) bond motifs is 2. The van der Waals surface area contributed by atoms with Crippen LogP contribution in [0.5, 0.6) is 0 Å². The highest BCUT2D eigenvalue weighted by Gasteiger charge is 2.40. The summed E-state index contributed by atoms with van der Waals surface area (Å²) in [5.41, 5.74) is 3.14. The molecule has 2 atom stereocenters. The molecule has 8 heteroatoms. The van der Waals surface area contributed by atoms with Crippen LogP contribution in [0.2, 0.25) is 0 Å². The van der Waals surface area contributed by atoms with E-state index in [1.54, 1.807) is 17.1 Å². The van der Waals surface area contributed by atoms with Crippen molar-refractivity contribution in [1.82, 2.24) is 29.9 Å². The zero-order chi connectivity index (χ0) is 20.0. The number of aliphatic hydroxyl groups is 1. The Morgan fingerprint density at radius 2 is 2.14 bits per heavy atom. The van der Waals surface area contributed by atoms with E-state index < -0.39 is 0 Å². The third-order valence-electron chi connectivity index (χ3n) is 6.14. The third-order valence-corrected chi connectivity index (χ3v) is 6.14. The van der Waals surface area contributed by atoms with Gasteiger partial charge in [0.05, 0.1) is 24.9 Å². The first-order chi connectivity index (χ1) is 14.1. The Morgan fingerprint density at radius 1 is 1.24 bits per heavy atom. The number of aliphatic hydroxyl groups excluding tert-OH is 1. The fraction of sp³-hybridized carbons (Fsp3) is 0.381. The quantitative estimate of drug-likeness (QED) is 0.572. The van der Waals surface area contributed by atoms with Gasteiger partial charge >= 0.3 is 0 Å². The summed E-state index contributed by atoms with van der Waals surface area (Å²) in [6, 6.07) is 10.2. The van der Waals surface area contributed by atoms with E-state index in [2.05, 4.69) is 57.2 Å². The normalized spacial score (nSPS) is 22.0. The van der Waals surface area contributed by atoms with Crippen LogP contribution in [0.25, 0.3) is 22.2 Å². The second-order valence-corrected chi connectivity index (χ2v) is 8.25. The van der Waals surface area contributed by atoms with Crippen molar-refractivity contribution < 1.29 is 5.11 Å². The van der Waals surface area contributed by atoms with Gasteiger partial charge in [-0.25, -0.2) is 14.6 Å². The van der Waals surface area contributed by atoms with Crippen LogP contribution in [0.4, 0.5) is 5.82 Å². The maximum atomic E-state index is 9.79. The van der Waals surface area contributed by atoms with Crippen molar-refractivity contribution in [2.24, 2.45) is 11.3 Å². The Hall–Kier alpha value is -3.13. The van der Waals surface area contributed by atoms with Gasteiger partial charge in [0, 0.05) is 30.1 Å². The number of nitrogens with zero attached hydrogens (tertiary/aromatic N) is 7. The van der Waals surface area contributed by atoms with Crippen LogP contribution in [0.1, 0.15) is 19.4 Å². The van der Waals surface area contributed by atoms with Gasteiger partial charge in [0.2, 0.25) is 5.65 Å². The highest BCUT2D eigenvalue weighted by Crippen LogP contribution is 2.36. The molecule has 0 aliphatic carbocycles. The summed E-state index contributed by atoms with van der Waals surface area (Å²) in [6.07, 6.45) is 3.55. The fourth-order valence-corrected chi connectivity index (χ4v) is 3.99. The second-order valence-electron chi connectivity index (χ2n) is 8.25. The highest BCUT2D eigenvalue weighted by atomic mass is 16.3. The SMILES string of the molecule is C[C@H]1CN(c2cnc3nnn(Cc4ccc5ncccc5c4)c3n2)C[C@]1(C)CO. The van der Waals surface area contributed by atoms with Crippen LogP contribution < -0.4 is 4.90 Å². The number of anilines is 1. The minimum atomic E-state index is -0.131. The van der Waals surface area contributed by atoms with E-state index in [0.717, 1.165) is 35.4 Å². The Balaban J connectivity index is 1.46. The van der Waals surface area contributed by atoms with Gasteiger partial charge in [-0.15, -0.1) is 5.10 Å². The third kappa shape index (κ3) is 3.09. The zero-order valence-corrected chi connectivity index (χ0v) is 16.5. The van der Waals surface area contributed by atoms with Crippen molar-refractivity contribution in [1.29, 1.82) is 0 Å². The molecule has 3 aromatic heterocycles. The van der Waals surface area contributed by atoms with E-state index in [4.69, 9.17) is 4.98 Å². The number of pyridine rings is 1. The van der Waals surface area contributed by atoms with Crippen molar-refractivity contribution in [2.75, 3.05) is 24.6 Å². The van der Waals surface area contributed by atoms with E-state index in [9.17, 15) is 5.11 Å². The fourth-order valence-electron chi connectivity index (χ4n) is 3.99. The van der Waals surface area contributed by atoms with Crippen molar-refractivity contribution in [3.05, 3.63) is 48.3 Å². The monoisotopic (exact) mass is 389 g/mol. The summed E-state index contributed by atoms with van der Waals surface area (Å²) >= 11 is 0. The molecule has 148 valence electrons. The number of hydrogen-bond donors (Lipinski definition) is 1. The molecule has 0 saturated carbocycles. The lowest BCUT2D eigenvalue weighted by atomic mass is 9.82. The molecule has 1 aliphatic rings. The van der Waals surface area contributed by atoms with Crippen molar-refractivity contribution in [2.45, 2.75) is 20.4 Å². The van der Waals surface area contributed by atoms with Crippen molar-refractivity contribution >= 4 is 28.0 Å². The summed E-state index contributed by atoms with van der Waals surface area (Å²) in [7, 11) is 0. The number of hydrogen-bond acceptors (Lipinski definition) is 7. The molecule has 1 fully saturated rings. The maximum absolute atomic E-state index is 9.79. The van der Waals surface area contributed by atoms with Gasteiger partial charge < -0.3 is 10.0 Å². The number of rotatable bonds is 4. The van der Waals surface area contributed by atoms with Crippen molar-refractivity contribution in [3.8, 4) is 0 Å². The predicted octanol–water partition coefficient (Wildman–Crippen LogP) is 2.27. The molecule has 4 aromatic rings. The summed E-state index contributed by atoms with van der Waals surface area (Å²) in [6.45, 7) is 6.61. The molecule has 1 aliphatic heterocycles. The van der Waals surface area contributed by atoms with Crippen LogP contribution in [0.3, 0.4) is 0 Å². The van der Waals surface area contributed by atoms with Gasteiger partial charge in [-0.05, 0) is 29.7 Å². The largest absolute Gasteiger partial charge is 0.396 e. The van der Waals surface area contributed by atoms with Crippen LogP contribution >= 0.6 is 0 Å². The average molecular weight is 389 g/mol. The Labute approximate surface area is 168 Å². The Bertz CT molecular complexity index is 1190. The van der Waals surface area contributed by atoms with E-state index in [1.807, 2.05) is 12.1 Å². The van der Waals surface area contributed by atoms with Crippen LogP contribution in [0.15, 0.2) is 42.7 Å². The van der Waals surface area contributed by atoms with Crippen LogP contribution in [-0.4, -0.2) is 54.7 Å². The van der Waals surface area contributed by atoms with E-state index in [0.29, 0.717) is 23.8 Å². The molecular formula is C21H23N7O. The smallest absolute Gasteiger partial charge is 0.221 e. The first-order valence-electron chi connectivity index (χ1n) is 9.81. The summed E-state index contributed by atoms with van der Waals surface area (Å²) in [5.74, 6) is 1.17. The molecule has 29 heavy (non-hydrogen) atoms. The summed E-state index contributed by atoms with van der Waals surface area (Å²) in [5, 5.41) is 19.3. The molecule has 8 nitrogen and oxygen atoms in total. The first-order valence-corrected chi connectivity index (χ1v) is 9.81. The minimum Gasteiger partial charge on any atom is -0.396 e. The molecule has 0 spiro atoms.